The molecule has 3 heteroatoms. The Morgan fingerprint density at radius 3 is 2.25 bits per heavy atom. The topological polar surface area (TPSA) is 32.3 Å². The second-order valence-corrected chi connectivity index (χ2v) is 5.56. The molecule has 2 aliphatic rings. The molecule has 1 aliphatic heterocycles. The van der Waals surface area contributed by atoms with Gasteiger partial charge in [0, 0.05) is 5.02 Å². The fourth-order valence-electron chi connectivity index (χ4n) is 3.21. The van der Waals surface area contributed by atoms with Crippen molar-refractivity contribution in [3.63, 3.8) is 0 Å². The Kier molecular flexibility index (Phi) is 2.46. The Labute approximate surface area is 101 Å². The molecule has 1 saturated carbocycles. The molecule has 1 aromatic rings. The molecule has 0 bridgehead atoms. The van der Waals surface area contributed by atoms with Crippen LogP contribution in [0.5, 0.6) is 0 Å². The molecule has 2 atom stereocenters. The molecule has 3 rings (SSSR count). The van der Waals surface area contributed by atoms with Gasteiger partial charge in [-0.05, 0) is 55.5 Å². The quantitative estimate of drug-likeness (QED) is 0.785. The zero-order chi connectivity index (χ0) is 11.2. The summed E-state index contributed by atoms with van der Waals surface area (Å²) in [6, 6.07) is 7.63. The summed E-state index contributed by atoms with van der Waals surface area (Å²) in [5.41, 5.74) is 0.397. The summed E-state index contributed by atoms with van der Waals surface area (Å²) in [4.78, 5) is 0. The van der Waals surface area contributed by atoms with Gasteiger partial charge >= 0.3 is 0 Å². The summed E-state index contributed by atoms with van der Waals surface area (Å²) in [5.74, 6) is 1.28. The monoisotopic (exact) mass is 237 g/mol. The summed E-state index contributed by atoms with van der Waals surface area (Å²) >= 11 is 5.87. The van der Waals surface area contributed by atoms with Gasteiger partial charge in [-0.25, -0.2) is 0 Å². The van der Waals surface area contributed by atoms with E-state index < -0.39 is 5.60 Å². The molecule has 2 fully saturated rings. The lowest BCUT2D eigenvalue weighted by Gasteiger charge is -2.24. The van der Waals surface area contributed by atoms with Crippen LogP contribution in [0.4, 0.5) is 0 Å². The van der Waals surface area contributed by atoms with Gasteiger partial charge in [0.1, 0.15) is 0 Å². The van der Waals surface area contributed by atoms with Crippen molar-refractivity contribution in [2.45, 2.75) is 18.4 Å². The van der Waals surface area contributed by atoms with Gasteiger partial charge in [-0.1, -0.05) is 23.7 Å². The molecule has 1 heterocycles. The zero-order valence-electron chi connectivity index (χ0n) is 9.12. The van der Waals surface area contributed by atoms with Gasteiger partial charge in [-0.15, -0.1) is 0 Å². The molecule has 2 N–H and O–H groups in total. The van der Waals surface area contributed by atoms with Crippen molar-refractivity contribution >= 4 is 11.6 Å². The van der Waals surface area contributed by atoms with E-state index in [2.05, 4.69) is 5.32 Å². The number of benzene rings is 1. The average molecular weight is 238 g/mol. The van der Waals surface area contributed by atoms with Gasteiger partial charge in [0.05, 0.1) is 5.60 Å². The summed E-state index contributed by atoms with van der Waals surface area (Å²) in [6.45, 7) is 2.11. The van der Waals surface area contributed by atoms with Crippen LogP contribution in [0.25, 0.3) is 0 Å². The zero-order valence-corrected chi connectivity index (χ0v) is 9.87. The predicted molar refractivity (Wildman–Crippen MR) is 64.4 cm³/mol. The van der Waals surface area contributed by atoms with E-state index in [-0.39, 0.29) is 0 Å². The Morgan fingerprint density at radius 2 is 1.69 bits per heavy atom. The van der Waals surface area contributed by atoms with Crippen LogP contribution >= 0.6 is 11.6 Å². The highest BCUT2D eigenvalue weighted by molar-refractivity contribution is 6.30. The molecule has 16 heavy (non-hydrogen) atoms. The maximum atomic E-state index is 10.7. The first-order valence-corrected chi connectivity index (χ1v) is 6.24. The Balaban J connectivity index is 1.86. The third-order valence-electron chi connectivity index (χ3n) is 4.06. The Morgan fingerprint density at radius 1 is 1.12 bits per heavy atom. The van der Waals surface area contributed by atoms with Crippen molar-refractivity contribution in [3.8, 4) is 0 Å². The first-order chi connectivity index (χ1) is 7.67. The Hall–Kier alpha value is -0.570. The van der Waals surface area contributed by atoms with Crippen LogP contribution < -0.4 is 5.32 Å². The number of hydrogen-bond acceptors (Lipinski definition) is 2. The normalized spacial score (nSPS) is 37.6. The van der Waals surface area contributed by atoms with E-state index in [0.717, 1.165) is 36.5 Å². The van der Waals surface area contributed by atoms with Crippen molar-refractivity contribution in [1.82, 2.24) is 5.32 Å². The molecular formula is C13H16ClNO. The summed E-state index contributed by atoms with van der Waals surface area (Å²) in [7, 11) is 0. The number of halogens is 1. The fourth-order valence-corrected chi connectivity index (χ4v) is 3.34. The van der Waals surface area contributed by atoms with Gasteiger partial charge in [-0.3, -0.25) is 0 Å². The van der Waals surface area contributed by atoms with E-state index in [1.54, 1.807) is 0 Å². The van der Waals surface area contributed by atoms with E-state index >= 15 is 0 Å². The molecule has 1 aromatic carbocycles. The van der Waals surface area contributed by atoms with E-state index in [1.807, 2.05) is 24.3 Å². The fraction of sp³-hybridized carbons (Fsp3) is 0.538. The summed E-state index contributed by atoms with van der Waals surface area (Å²) < 4.78 is 0. The third kappa shape index (κ3) is 1.65. The van der Waals surface area contributed by atoms with Gasteiger partial charge in [0.2, 0.25) is 0 Å². The lowest BCUT2D eigenvalue weighted by atomic mass is 9.91. The molecule has 2 nitrogen and oxygen atoms in total. The van der Waals surface area contributed by atoms with E-state index in [0.29, 0.717) is 11.8 Å². The van der Waals surface area contributed by atoms with Crippen LogP contribution in [-0.2, 0) is 5.60 Å². The minimum atomic E-state index is -0.623. The number of rotatable bonds is 1. The highest BCUT2D eigenvalue weighted by Crippen LogP contribution is 2.47. The number of nitrogens with one attached hydrogen (secondary N) is 1. The van der Waals surface area contributed by atoms with Gasteiger partial charge in [0.25, 0.3) is 0 Å². The maximum Gasteiger partial charge on any atom is 0.0903 e. The SMILES string of the molecule is OC1(c2ccc(Cl)cc2)CC2CNCC2C1. The number of aliphatic hydroxyl groups is 1. The second kappa shape index (κ2) is 3.73. The van der Waals surface area contributed by atoms with Crippen molar-refractivity contribution in [3.05, 3.63) is 34.9 Å². The second-order valence-electron chi connectivity index (χ2n) is 5.13. The first kappa shape index (κ1) is 10.6. The molecule has 0 amide bonds. The number of fused-ring (bicyclic) bond motifs is 1. The van der Waals surface area contributed by atoms with Crippen LogP contribution in [0.3, 0.4) is 0 Å². The molecule has 2 unspecified atom stereocenters. The molecule has 1 saturated heterocycles. The van der Waals surface area contributed by atoms with Crippen molar-refractivity contribution in [1.29, 1.82) is 0 Å². The van der Waals surface area contributed by atoms with Crippen LogP contribution in [0.2, 0.25) is 5.02 Å². The van der Waals surface area contributed by atoms with Crippen LogP contribution in [0.1, 0.15) is 18.4 Å². The van der Waals surface area contributed by atoms with Gasteiger partial charge < -0.3 is 10.4 Å². The van der Waals surface area contributed by atoms with Crippen LogP contribution in [0.15, 0.2) is 24.3 Å². The molecule has 0 spiro atoms. The van der Waals surface area contributed by atoms with E-state index in [1.165, 1.54) is 0 Å². The lowest BCUT2D eigenvalue weighted by molar-refractivity contribution is 0.0359. The van der Waals surface area contributed by atoms with E-state index in [9.17, 15) is 5.11 Å². The molecule has 1 aliphatic carbocycles. The third-order valence-corrected chi connectivity index (χ3v) is 4.31. The molecule has 0 radical (unpaired) electrons. The van der Waals surface area contributed by atoms with Crippen LogP contribution in [0, 0.1) is 11.8 Å². The van der Waals surface area contributed by atoms with Gasteiger partial charge in [0.15, 0.2) is 0 Å². The van der Waals surface area contributed by atoms with E-state index in [4.69, 9.17) is 11.6 Å². The van der Waals surface area contributed by atoms with Gasteiger partial charge in [-0.2, -0.15) is 0 Å². The highest BCUT2D eigenvalue weighted by atomic mass is 35.5. The standard InChI is InChI=1S/C13H16ClNO/c14-12-3-1-11(2-4-12)13(16)5-9-7-15-8-10(9)6-13/h1-4,9-10,15-16H,5-8H2. The molecule has 0 aromatic heterocycles. The smallest absolute Gasteiger partial charge is 0.0903 e. The molecular weight excluding hydrogens is 222 g/mol. The summed E-state index contributed by atoms with van der Waals surface area (Å²) in [6.07, 6.45) is 1.76. The average Bonchev–Trinajstić information content (AvgIpc) is 2.77. The summed E-state index contributed by atoms with van der Waals surface area (Å²) in [5, 5.41) is 14.8. The predicted octanol–water partition coefficient (Wildman–Crippen LogP) is 2.16. The molecule has 86 valence electrons. The van der Waals surface area contributed by atoms with Crippen LogP contribution in [-0.4, -0.2) is 18.2 Å². The Bertz CT molecular complexity index is 377. The van der Waals surface area contributed by atoms with Crippen molar-refractivity contribution < 1.29 is 5.11 Å². The highest BCUT2D eigenvalue weighted by Gasteiger charge is 2.46. The lowest BCUT2D eigenvalue weighted by Crippen LogP contribution is -2.25. The number of hydrogen-bond donors (Lipinski definition) is 2. The largest absolute Gasteiger partial charge is 0.385 e. The minimum absolute atomic E-state index is 0.623. The maximum absolute atomic E-state index is 10.7. The minimum Gasteiger partial charge on any atom is -0.385 e. The van der Waals surface area contributed by atoms with Crippen molar-refractivity contribution in [2.24, 2.45) is 11.8 Å². The van der Waals surface area contributed by atoms with Crippen molar-refractivity contribution in [2.75, 3.05) is 13.1 Å². The first-order valence-electron chi connectivity index (χ1n) is 5.86.